The van der Waals surface area contributed by atoms with Gasteiger partial charge in [0.2, 0.25) is 5.95 Å². The highest BCUT2D eigenvalue weighted by molar-refractivity contribution is 6.33. The SMILES string of the molecule is C=CC(=O)Cc1ccccc1Nc1nc(Nc2cc(C(=O)NOCCO)ccc2C#N)ncc1Cl. The van der Waals surface area contributed by atoms with Gasteiger partial charge in [-0.05, 0) is 35.9 Å². The second-order valence-electron chi connectivity index (χ2n) is 7.02. The highest BCUT2D eigenvalue weighted by Crippen LogP contribution is 2.28. The number of hydroxylamine groups is 1. The Labute approximate surface area is 206 Å². The number of ketones is 1. The number of anilines is 4. The number of carbonyl (C=O) groups is 2. The van der Waals surface area contributed by atoms with E-state index in [1.165, 1.54) is 30.5 Å². The summed E-state index contributed by atoms with van der Waals surface area (Å²) in [5.41, 5.74) is 4.30. The van der Waals surface area contributed by atoms with Crippen molar-refractivity contribution in [2.24, 2.45) is 0 Å². The van der Waals surface area contributed by atoms with Gasteiger partial charge < -0.3 is 15.7 Å². The van der Waals surface area contributed by atoms with E-state index in [0.29, 0.717) is 5.69 Å². The van der Waals surface area contributed by atoms with Gasteiger partial charge in [-0.1, -0.05) is 36.4 Å². The van der Waals surface area contributed by atoms with Crippen LogP contribution in [0.4, 0.5) is 23.1 Å². The lowest BCUT2D eigenvalue weighted by Gasteiger charge is -2.14. The largest absolute Gasteiger partial charge is 0.394 e. The number of hydrogen-bond acceptors (Lipinski definition) is 9. The van der Waals surface area contributed by atoms with Crippen molar-refractivity contribution >= 4 is 46.4 Å². The van der Waals surface area contributed by atoms with E-state index in [1.54, 1.807) is 18.2 Å². The maximum atomic E-state index is 12.2. The predicted octanol–water partition coefficient (Wildman–Crippen LogP) is 3.44. The molecule has 0 atom stereocenters. The predicted molar refractivity (Wildman–Crippen MR) is 131 cm³/mol. The van der Waals surface area contributed by atoms with Gasteiger partial charge in [0.1, 0.15) is 11.1 Å². The average Bonchev–Trinajstić information content (AvgIpc) is 2.87. The Morgan fingerprint density at radius 2 is 2.00 bits per heavy atom. The third kappa shape index (κ3) is 6.84. The summed E-state index contributed by atoms with van der Waals surface area (Å²) in [5, 5.41) is 24.5. The molecule has 0 radical (unpaired) electrons. The Bertz CT molecular complexity index is 1290. The lowest BCUT2D eigenvalue weighted by molar-refractivity contribution is -0.114. The van der Waals surface area contributed by atoms with Gasteiger partial charge in [0, 0.05) is 17.7 Å². The van der Waals surface area contributed by atoms with Crippen molar-refractivity contribution < 1.29 is 19.5 Å². The molecule has 1 aromatic heterocycles. The Kier molecular flexibility index (Phi) is 8.86. The van der Waals surface area contributed by atoms with Crippen LogP contribution in [0.25, 0.3) is 0 Å². The van der Waals surface area contributed by atoms with Gasteiger partial charge in [-0.15, -0.1) is 0 Å². The maximum absolute atomic E-state index is 12.2. The summed E-state index contributed by atoms with van der Waals surface area (Å²) in [4.78, 5) is 37.4. The molecule has 1 amide bonds. The smallest absolute Gasteiger partial charge is 0.274 e. The van der Waals surface area contributed by atoms with Gasteiger partial charge in [-0.3, -0.25) is 14.4 Å². The zero-order valence-corrected chi connectivity index (χ0v) is 19.2. The summed E-state index contributed by atoms with van der Waals surface area (Å²) in [6.07, 6.45) is 2.79. The second kappa shape index (κ2) is 12.2. The number of carbonyl (C=O) groups excluding carboxylic acids is 2. The number of nitriles is 1. The topological polar surface area (TPSA) is 149 Å². The molecular weight excluding hydrogens is 472 g/mol. The standard InChI is InChI=1S/C24H21ClN6O4/c1-2-18(33)11-15-5-3-4-6-20(15)28-22-19(25)14-27-24(30-22)29-21-12-16(7-8-17(21)13-26)23(34)31-35-10-9-32/h2-8,12,14,32H,1,9-11H2,(H,31,34)(H2,27,28,29,30). The van der Waals surface area contributed by atoms with Crippen LogP contribution in [0.1, 0.15) is 21.5 Å². The van der Waals surface area contributed by atoms with Gasteiger partial charge >= 0.3 is 0 Å². The molecule has 4 N–H and O–H groups in total. The van der Waals surface area contributed by atoms with Gasteiger partial charge in [0.15, 0.2) is 11.6 Å². The van der Waals surface area contributed by atoms with Crippen LogP contribution >= 0.6 is 11.6 Å². The summed E-state index contributed by atoms with van der Waals surface area (Å²) < 4.78 is 0. The zero-order chi connectivity index (χ0) is 25.2. The van der Waals surface area contributed by atoms with E-state index in [4.69, 9.17) is 21.5 Å². The summed E-state index contributed by atoms with van der Waals surface area (Å²) in [7, 11) is 0. The molecule has 178 valence electrons. The van der Waals surface area contributed by atoms with Crippen molar-refractivity contribution in [1.82, 2.24) is 15.4 Å². The normalized spacial score (nSPS) is 10.2. The van der Waals surface area contributed by atoms with E-state index in [0.717, 1.165) is 5.56 Å². The van der Waals surface area contributed by atoms with Crippen LogP contribution < -0.4 is 16.1 Å². The minimum atomic E-state index is -0.559. The molecule has 0 aliphatic carbocycles. The van der Waals surface area contributed by atoms with Crippen LogP contribution in [0.15, 0.2) is 61.3 Å². The van der Waals surface area contributed by atoms with Crippen LogP contribution in [-0.2, 0) is 16.1 Å². The first kappa shape index (κ1) is 25.3. The Morgan fingerprint density at radius 3 is 2.74 bits per heavy atom. The number of para-hydroxylation sites is 1. The van der Waals surface area contributed by atoms with E-state index in [1.807, 2.05) is 12.1 Å². The van der Waals surface area contributed by atoms with Crippen molar-refractivity contribution in [2.75, 3.05) is 23.8 Å². The molecule has 0 saturated carbocycles. The quantitative estimate of drug-likeness (QED) is 0.179. The lowest BCUT2D eigenvalue weighted by atomic mass is 10.1. The fraction of sp³-hybridized carbons (Fsp3) is 0.125. The third-order valence-electron chi connectivity index (χ3n) is 4.61. The van der Waals surface area contributed by atoms with Crippen LogP contribution in [0.3, 0.4) is 0 Å². The molecule has 11 heteroatoms. The fourth-order valence-corrected chi connectivity index (χ4v) is 3.07. The molecule has 3 rings (SSSR count). The number of hydrogen-bond donors (Lipinski definition) is 4. The van der Waals surface area contributed by atoms with E-state index in [2.05, 4.69) is 32.7 Å². The molecule has 10 nitrogen and oxygen atoms in total. The number of nitrogens with one attached hydrogen (secondary N) is 3. The molecule has 35 heavy (non-hydrogen) atoms. The monoisotopic (exact) mass is 492 g/mol. The maximum Gasteiger partial charge on any atom is 0.274 e. The molecule has 1 heterocycles. The average molecular weight is 493 g/mol. The number of halogens is 1. The number of benzene rings is 2. The summed E-state index contributed by atoms with van der Waals surface area (Å²) in [5.74, 6) is -0.309. The molecular formula is C24H21ClN6O4. The summed E-state index contributed by atoms with van der Waals surface area (Å²) >= 11 is 6.28. The number of amides is 1. The third-order valence-corrected chi connectivity index (χ3v) is 4.89. The van der Waals surface area contributed by atoms with E-state index in [-0.39, 0.29) is 59.0 Å². The Hall–Kier alpha value is -4.30. The molecule has 0 spiro atoms. The molecule has 0 saturated heterocycles. The highest BCUT2D eigenvalue weighted by Gasteiger charge is 2.14. The molecule has 0 unspecified atom stereocenters. The van der Waals surface area contributed by atoms with Crippen molar-refractivity contribution in [1.29, 1.82) is 5.26 Å². The van der Waals surface area contributed by atoms with Gasteiger partial charge in [-0.25, -0.2) is 10.5 Å². The van der Waals surface area contributed by atoms with Gasteiger partial charge in [0.05, 0.1) is 30.7 Å². The minimum absolute atomic E-state index is 0.0631. The second-order valence-corrected chi connectivity index (χ2v) is 7.43. The van der Waals surface area contributed by atoms with Crippen LogP contribution in [0, 0.1) is 11.3 Å². The molecule has 2 aromatic carbocycles. The molecule has 0 fully saturated rings. The van der Waals surface area contributed by atoms with Crippen molar-refractivity contribution in [3.8, 4) is 6.07 Å². The number of rotatable bonds is 11. The highest BCUT2D eigenvalue weighted by atomic mass is 35.5. The molecule has 0 bridgehead atoms. The van der Waals surface area contributed by atoms with Gasteiger partial charge in [0.25, 0.3) is 5.91 Å². The van der Waals surface area contributed by atoms with E-state index >= 15 is 0 Å². The van der Waals surface area contributed by atoms with Crippen molar-refractivity contribution in [2.45, 2.75) is 6.42 Å². The molecule has 0 aliphatic heterocycles. The summed E-state index contributed by atoms with van der Waals surface area (Å²) in [6, 6.07) is 13.6. The van der Waals surface area contributed by atoms with Crippen molar-refractivity contribution in [3.63, 3.8) is 0 Å². The number of aromatic nitrogens is 2. The molecule has 0 aliphatic rings. The number of allylic oxidation sites excluding steroid dienone is 1. The van der Waals surface area contributed by atoms with Crippen molar-refractivity contribution in [3.05, 3.63) is 83.0 Å². The number of aliphatic hydroxyl groups excluding tert-OH is 1. The zero-order valence-electron chi connectivity index (χ0n) is 18.4. The van der Waals surface area contributed by atoms with Gasteiger partial charge in [-0.2, -0.15) is 10.2 Å². The fourth-order valence-electron chi connectivity index (χ4n) is 2.93. The van der Waals surface area contributed by atoms with Crippen LogP contribution in [0.5, 0.6) is 0 Å². The molecule has 3 aromatic rings. The van der Waals surface area contributed by atoms with Crippen LogP contribution in [-0.4, -0.2) is 40.0 Å². The summed E-state index contributed by atoms with van der Waals surface area (Å²) in [6.45, 7) is 3.19. The first-order valence-corrected chi connectivity index (χ1v) is 10.7. The Balaban J connectivity index is 1.85. The Morgan fingerprint density at radius 1 is 1.20 bits per heavy atom. The van der Waals surface area contributed by atoms with Crippen LogP contribution in [0.2, 0.25) is 5.02 Å². The van der Waals surface area contributed by atoms with E-state index in [9.17, 15) is 14.9 Å². The lowest BCUT2D eigenvalue weighted by Crippen LogP contribution is -2.25. The van der Waals surface area contributed by atoms with E-state index < -0.39 is 5.91 Å². The number of aliphatic hydroxyl groups is 1. The number of nitrogens with zero attached hydrogens (tertiary/aromatic N) is 3. The first-order chi connectivity index (χ1) is 16.9. The first-order valence-electron chi connectivity index (χ1n) is 10.3. The minimum Gasteiger partial charge on any atom is -0.394 e.